The maximum absolute atomic E-state index is 11.9. The van der Waals surface area contributed by atoms with E-state index < -0.39 is 5.97 Å². The number of likely N-dealkylation sites (tertiary alicyclic amines) is 1. The lowest BCUT2D eigenvalue weighted by atomic mass is 10.1. The van der Waals surface area contributed by atoms with Crippen LogP contribution in [0, 0.1) is 13.8 Å². The van der Waals surface area contributed by atoms with E-state index in [1.807, 2.05) is 19.9 Å². The van der Waals surface area contributed by atoms with Crippen LogP contribution >= 0.6 is 0 Å². The molecule has 20 heavy (non-hydrogen) atoms. The minimum absolute atomic E-state index is 0.0950. The quantitative estimate of drug-likeness (QED) is 0.796. The van der Waals surface area contributed by atoms with Gasteiger partial charge in [0.05, 0.1) is 5.56 Å². The summed E-state index contributed by atoms with van der Waals surface area (Å²) in [5, 5.41) is 0. The standard InChI is InChI=1S/C16H21NO3/c1-12-8-13(2)10-14(9-12)16(19)20-11-15(18)17-6-4-3-5-7-17/h8-10H,3-7,11H2,1-2H3. The van der Waals surface area contributed by atoms with Gasteiger partial charge in [0.15, 0.2) is 6.61 Å². The molecule has 0 aromatic heterocycles. The number of hydrogen-bond donors (Lipinski definition) is 0. The SMILES string of the molecule is Cc1cc(C)cc(C(=O)OCC(=O)N2CCCCC2)c1. The first-order chi connectivity index (χ1) is 9.56. The first kappa shape index (κ1) is 14.6. The highest BCUT2D eigenvalue weighted by Crippen LogP contribution is 2.11. The number of ether oxygens (including phenoxy) is 1. The van der Waals surface area contributed by atoms with Crippen LogP contribution in [0.1, 0.15) is 40.7 Å². The Kier molecular flexibility index (Phi) is 4.77. The first-order valence-electron chi connectivity index (χ1n) is 7.09. The summed E-state index contributed by atoms with van der Waals surface area (Å²) >= 11 is 0. The predicted molar refractivity (Wildman–Crippen MR) is 76.6 cm³/mol. The van der Waals surface area contributed by atoms with Crippen LogP contribution in [0.2, 0.25) is 0 Å². The highest BCUT2D eigenvalue weighted by Gasteiger charge is 2.18. The van der Waals surface area contributed by atoms with Crippen molar-refractivity contribution >= 4 is 11.9 Å². The van der Waals surface area contributed by atoms with Gasteiger partial charge in [-0.2, -0.15) is 0 Å². The summed E-state index contributed by atoms with van der Waals surface area (Å²) in [5.74, 6) is -0.524. The molecule has 0 aliphatic carbocycles. The zero-order valence-electron chi connectivity index (χ0n) is 12.1. The third-order valence-corrected chi connectivity index (χ3v) is 3.49. The van der Waals surface area contributed by atoms with Crippen molar-refractivity contribution < 1.29 is 14.3 Å². The summed E-state index contributed by atoms with van der Waals surface area (Å²) in [6.45, 7) is 5.26. The number of nitrogens with zero attached hydrogens (tertiary/aromatic N) is 1. The van der Waals surface area contributed by atoms with E-state index in [0.29, 0.717) is 5.56 Å². The van der Waals surface area contributed by atoms with Crippen molar-refractivity contribution in [2.45, 2.75) is 33.1 Å². The number of rotatable bonds is 3. The fourth-order valence-corrected chi connectivity index (χ4v) is 2.54. The Labute approximate surface area is 119 Å². The smallest absolute Gasteiger partial charge is 0.338 e. The van der Waals surface area contributed by atoms with Gasteiger partial charge < -0.3 is 9.64 Å². The van der Waals surface area contributed by atoms with E-state index in [-0.39, 0.29) is 12.5 Å². The lowest BCUT2D eigenvalue weighted by Crippen LogP contribution is -2.38. The molecule has 0 radical (unpaired) electrons. The van der Waals surface area contributed by atoms with Crippen LogP contribution in [-0.2, 0) is 9.53 Å². The molecule has 4 nitrogen and oxygen atoms in total. The lowest BCUT2D eigenvalue weighted by Gasteiger charge is -2.26. The van der Waals surface area contributed by atoms with Gasteiger partial charge in [0.2, 0.25) is 0 Å². The fraction of sp³-hybridized carbons (Fsp3) is 0.500. The van der Waals surface area contributed by atoms with Gasteiger partial charge in [0, 0.05) is 13.1 Å². The number of aryl methyl sites for hydroxylation is 2. The molecular weight excluding hydrogens is 254 g/mol. The Morgan fingerprint density at radius 3 is 2.25 bits per heavy atom. The molecule has 0 atom stereocenters. The van der Waals surface area contributed by atoms with E-state index in [0.717, 1.165) is 37.1 Å². The molecule has 1 fully saturated rings. The molecule has 2 rings (SSSR count). The zero-order valence-corrected chi connectivity index (χ0v) is 12.1. The van der Waals surface area contributed by atoms with E-state index >= 15 is 0 Å². The van der Waals surface area contributed by atoms with Gasteiger partial charge in [-0.25, -0.2) is 4.79 Å². The van der Waals surface area contributed by atoms with Gasteiger partial charge in [-0.15, -0.1) is 0 Å². The van der Waals surface area contributed by atoms with Crippen molar-refractivity contribution in [1.29, 1.82) is 0 Å². The Balaban J connectivity index is 1.89. The maximum Gasteiger partial charge on any atom is 0.338 e. The molecule has 1 amide bonds. The molecule has 0 unspecified atom stereocenters. The Hall–Kier alpha value is -1.84. The Morgan fingerprint density at radius 1 is 1.05 bits per heavy atom. The molecule has 0 N–H and O–H groups in total. The number of carbonyl (C=O) groups is 2. The normalized spacial score (nSPS) is 15.0. The largest absolute Gasteiger partial charge is 0.452 e. The maximum atomic E-state index is 11.9. The fourth-order valence-electron chi connectivity index (χ4n) is 2.54. The molecule has 0 saturated carbocycles. The highest BCUT2D eigenvalue weighted by atomic mass is 16.5. The van der Waals surface area contributed by atoms with Crippen molar-refractivity contribution in [3.05, 3.63) is 34.9 Å². The van der Waals surface area contributed by atoms with E-state index in [9.17, 15) is 9.59 Å². The molecule has 1 aromatic rings. The topological polar surface area (TPSA) is 46.6 Å². The van der Waals surface area contributed by atoms with Crippen LogP contribution in [0.25, 0.3) is 0 Å². The summed E-state index contributed by atoms with van der Waals surface area (Å²) in [4.78, 5) is 25.6. The third kappa shape index (κ3) is 3.83. The second-order valence-electron chi connectivity index (χ2n) is 5.39. The number of hydrogen-bond acceptors (Lipinski definition) is 3. The van der Waals surface area contributed by atoms with Crippen LogP contribution in [-0.4, -0.2) is 36.5 Å². The molecule has 0 spiro atoms. The number of esters is 1. The molecule has 1 aliphatic heterocycles. The molecule has 1 aliphatic rings. The third-order valence-electron chi connectivity index (χ3n) is 3.49. The second kappa shape index (κ2) is 6.55. The summed E-state index contributed by atoms with van der Waals surface area (Å²) in [6, 6.07) is 5.55. The van der Waals surface area contributed by atoms with E-state index in [1.165, 1.54) is 6.42 Å². The number of carbonyl (C=O) groups excluding carboxylic acids is 2. The van der Waals surface area contributed by atoms with Crippen molar-refractivity contribution in [2.24, 2.45) is 0 Å². The molecule has 108 valence electrons. The number of amides is 1. The Morgan fingerprint density at radius 2 is 1.65 bits per heavy atom. The molecule has 0 bridgehead atoms. The number of benzene rings is 1. The Bertz CT molecular complexity index is 484. The second-order valence-corrected chi connectivity index (χ2v) is 5.39. The zero-order chi connectivity index (χ0) is 14.5. The van der Waals surface area contributed by atoms with Gasteiger partial charge in [0.1, 0.15) is 0 Å². The van der Waals surface area contributed by atoms with Crippen LogP contribution in [0.15, 0.2) is 18.2 Å². The van der Waals surface area contributed by atoms with Gasteiger partial charge >= 0.3 is 5.97 Å². The van der Waals surface area contributed by atoms with Gasteiger partial charge in [-0.1, -0.05) is 17.2 Å². The number of piperidine rings is 1. The summed E-state index contributed by atoms with van der Waals surface area (Å²) in [6.07, 6.45) is 3.25. The van der Waals surface area contributed by atoms with Crippen LogP contribution < -0.4 is 0 Å². The summed E-state index contributed by atoms with van der Waals surface area (Å²) in [7, 11) is 0. The van der Waals surface area contributed by atoms with Crippen molar-refractivity contribution in [1.82, 2.24) is 4.90 Å². The molecule has 4 heteroatoms. The highest BCUT2D eigenvalue weighted by molar-refractivity contribution is 5.91. The average Bonchev–Trinajstić information content (AvgIpc) is 2.44. The minimum Gasteiger partial charge on any atom is -0.452 e. The van der Waals surface area contributed by atoms with E-state index in [1.54, 1.807) is 17.0 Å². The lowest BCUT2D eigenvalue weighted by molar-refractivity contribution is -0.135. The van der Waals surface area contributed by atoms with E-state index in [2.05, 4.69) is 0 Å². The monoisotopic (exact) mass is 275 g/mol. The van der Waals surface area contributed by atoms with Crippen molar-refractivity contribution in [3.63, 3.8) is 0 Å². The van der Waals surface area contributed by atoms with Gasteiger partial charge in [-0.3, -0.25) is 4.79 Å². The van der Waals surface area contributed by atoms with Crippen molar-refractivity contribution in [3.8, 4) is 0 Å². The minimum atomic E-state index is -0.429. The molecule has 1 saturated heterocycles. The predicted octanol–water partition coefficient (Wildman–Crippen LogP) is 2.47. The van der Waals surface area contributed by atoms with Gasteiger partial charge in [0.25, 0.3) is 5.91 Å². The van der Waals surface area contributed by atoms with Gasteiger partial charge in [-0.05, 0) is 45.2 Å². The first-order valence-corrected chi connectivity index (χ1v) is 7.09. The van der Waals surface area contributed by atoms with Crippen molar-refractivity contribution in [2.75, 3.05) is 19.7 Å². The molecule has 1 aromatic carbocycles. The average molecular weight is 275 g/mol. The van der Waals surface area contributed by atoms with Crippen LogP contribution in [0.4, 0.5) is 0 Å². The van der Waals surface area contributed by atoms with Crippen LogP contribution in [0.3, 0.4) is 0 Å². The molecule has 1 heterocycles. The summed E-state index contributed by atoms with van der Waals surface area (Å²) in [5.41, 5.74) is 2.53. The van der Waals surface area contributed by atoms with Crippen LogP contribution in [0.5, 0.6) is 0 Å². The van der Waals surface area contributed by atoms with E-state index in [4.69, 9.17) is 4.74 Å². The molecular formula is C16H21NO3. The summed E-state index contributed by atoms with van der Waals surface area (Å²) < 4.78 is 5.12.